The summed E-state index contributed by atoms with van der Waals surface area (Å²) >= 11 is 0. The molecule has 0 aliphatic carbocycles. The third-order valence-electron chi connectivity index (χ3n) is 3.74. The van der Waals surface area contributed by atoms with Crippen LogP contribution < -0.4 is 0 Å². The van der Waals surface area contributed by atoms with Gasteiger partial charge >= 0.3 is 0 Å². The Morgan fingerprint density at radius 3 is 2.45 bits per heavy atom. The summed E-state index contributed by atoms with van der Waals surface area (Å²) in [6.45, 7) is 4.23. The van der Waals surface area contributed by atoms with E-state index < -0.39 is 15.9 Å². The van der Waals surface area contributed by atoms with Gasteiger partial charge < -0.3 is 4.52 Å². The van der Waals surface area contributed by atoms with E-state index in [0.717, 1.165) is 4.31 Å². The molecule has 0 atom stereocenters. The molecule has 0 bridgehead atoms. The summed E-state index contributed by atoms with van der Waals surface area (Å²) in [7, 11) is -0.587. The Hall–Kier alpha value is -1.06. The highest BCUT2D eigenvalue weighted by molar-refractivity contribution is 7.86. The monoisotopic (exact) mass is 334 g/mol. The zero-order valence-electron chi connectivity index (χ0n) is 13.4. The highest BCUT2D eigenvalue weighted by atomic mass is 32.2. The molecule has 1 aliphatic heterocycles. The molecule has 0 aromatic carbocycles. The standard InChI is InChI=1S/C13H23FN4O3S/c1-10(2)9-11-15-12(21-16-11)13(14)5-7-18(8-6-13)22(19,20)17(3)4/h10H,5-9H2,1-4H3. The Balaban J connectivity index is 2.07. The van der Waals surface area contributed by atoms with Crippen molar-refractivity contribution in [2.75, 3.05) is 27.2 Å². The van der Waals surface area contributed by atoms with Gasteiger partial charge in [0.25, 0.3) is 16.1 Å². The first-order valence-corrected chi connectivity index (χ1v) is 8.74. The quantitative estimate of drug-likeness (QED) is 0.812. The molecule has 1 aromatic heterocycles. The molecule has 0 spiro atoms. The van der Waals surface area contributed by atoms with E-state index in [1.807, 2.05) is 13.8 Å². The molecule has 0 N–H and O–H groups in total. The molecule has 126 valence electrons. The second kappa shape index (κ2) is 6.21. The molecule has 1 aromatic rings. The predicted octanol–water partition coefficient (Wildman–Crippen LogP) is 1.34. The largest absolute Gasteiger partial charge is 0.336 e. The van der Waals surface area contributed by atoms with Gasteiger partial charge in [-0.3, -0.25) is 0 Å². The van der Waals surface area contributed by atoms with E-state index in [4.69, 9.17) is 4.52 Å². The molecule has 9 heteroatoms. The van der Waals surface area contributed by atoms with Crippen LogP contribution in [0.1, 0.15) is 38.4 Å². The molecule has 0 radical (unpaired) electrons. The van der Waals surface area contributed by atoms with Gasteiger partial charge in [-0.05, 0) is 5.92 Å². The molecule has 7 nitrogen and oxygen atoms in total. The van der Waals surface area contributed by atoms with Gasteiger partial charge in [0.1, 0.15) is 0 Å². The first kappa shape index (κ1) is 17.3. The number of hydrogen-bond donors (Lipinski definition) is 0. The van der Waals surface area contributed by atoms with Gasteiger partial charge in [0, 0.05) is 46.4 Å². The van der Waals surface area contributed by atoms with Crippen molar-refractivity contribution < 1.29 is 17.3 Å². The van der Waals surface area contributed by atoms with Crippen LogP contribution >= 0.6 is 0 Å². The lowest BCUT2D eigenvalue weighted by Gasteiger charge is -2.34. The summed E-state index contributed by atoms with van der Waals surface area (Å²) in [4.78, 5) is 4.14. The molecule has 0 unspecified atom stereocenters. The Morgan fingerprint density at radius 1 is 1.36 bits per heavy atom. The SMILES string of the molecule is CC(C)Cc1noc(C2(F)CCN(S(=O)(=O)N(C)C)CC2)n1. The van der Waals surface area contributed by atoms with Gasteiger partial charge in [-0.2, -0.15) is 22.0 Å². The molecular weight excluding hydrogens is 311 g/mol. The highest BCUT2D eigenvalue weighted by Gasteiger charge is 2.44. The third kappa shape index (κ3) is 3.47. The summed E-state index contributed by atoms with van der Waals surface area (Å²) < 4.78 is 46.5. The molecular formula is C13H23FN4O3S. The summed E-state index contributed by atoms with van der Waals surface area (Å²) in [5.74, 6) is 0.809. The molecule has 22 heavy (non-hydrogen) atoms. The molecule has 0 amide bonds. The zero-order chi connectivity index (χ0) is 16.5. The van der Waals surface area contributed by atoms with E-state index in [9.17, 15) is 12.8 Å². The fraction of sp³-hybridized carbons (Fsp3) is 0.846. The van der Waals surface area contributed by atoms with E-state index in [1.54, 1.807) is 0 Å². The maximum Gasteiger partial charge on any atom is 0.281 e. The van der Waals surface area contributed by atoms with Crippen LogP contribution in [0.2, 0.25) is 0 Å². The number of rotatable bonds is 5. The van der Waals surface area contributed by atoms with E-state index in [1.165, 1.54) is 18.4 Å². The van der Waals surface area contributed by atoms with Crippen LogP contribution in [0.25, 0.3) is 0 Å². The third-order valence-corrected chi connectivity index (χ3v) is 5.69. The number of alkyl halides is 1. The summed E-state index contributed by atoms with van der Waals surface area (Å²) in [5, 5.41) is 3.81. The van der Waals surface area contributed by atoms with Crippen molar-refractivity contribution in [1.29, 1.82) is 0 Å². The van der Waals surface area contributed by atoms with Crippen LogP contribution in [-0.2, 0) is 22.3 Å². The van der Waals surface area contributed by atoms with E-state index in [2.05, 4.69) is 10.1 Å². The van der Waals surface area contributed by atoms with Crippen molar-refractivity contribution in [2.45, 2.75) is 38.8 Å². The number of piperidine rings is 1. The molecule has 1 aliphatic rings. The van der Waals surface area contributed by atoms with Crippen LogP contribution in [0.4, 0.5) is 4.39 Å². The van der Waals surface area contributed by atoms with E-state index in [-0.39, 0.29) is 31.8 Å². The topological polar surface area (TPSA) is 79.5 Å². The average Bonchev–Trinajstić information content (AvgIpc) is 2.87. The molecule has 1 saturated heterocycles. The summed E-state index contributed by atoms with van der Waals surface area (Å²) in [5.41, 5.74) is -1.75. The first-order valence-electron chi connectivity index (χ1n) is 7.35. The molecule has 1 fully saturated rings. The predicted molar refractivity (Wildman–Crippen MR) is 79.0 cm³/mol. The smallest absolute Gasteiger partial charge is 0.281 e. The molecule has 2 heterocycles. The second-order valence-corrected chi connectivity index (χ2v) is 8.41. The number of halogens is 1. The maximum absolute atomic E-state index is 15.0. The van der Waals surface area contributed by atoms with Crippen molar-refractivity contribution >= 4 is 10.2 Å². The minimum absolute atomic E-state index is 0.0172. The van der Waals surface area contributed by atoms with Gasteiger partial charge in [-0.1, -0.05) is 19.0 Å². The van der Waals surface area contributed by atoms with Crippen LogP contribution in [0, 0.1) is 5.92 Å². The molecule has 2 rings (SSSR count). The van der Waals surface area contributed by atoms with E-state index in [0.29, 0.717) is 18.2 Å². The van der Waals surface area contributed by atoms with Crippen LogP contribution in [0.5, 0.6) is 0 Å². The highest BCUT2D eigenvalue weighted by Crippen LogP contribution is 2.37. The minimum atomic E-state index is -3.51. The Kier molecular flexibility index (Phi) is 4.88. The van der Waals surface area contributed by atoms with Crippen molar-refractivity contribution in [3.8, 4) is 0 Å². The number of nitrogens with zero attached hydrogens (tertiary/aromatic N) is 4. The van der Waals surface area contributed by atoms with Crippen molar-refractivity contribution in [1.82, 2.24) is 18.8 Å². The number of aromatic nitrogens is 2. The van der Waals surface area contributed by atoms with Gasteiger partial charge in [0.2, 0.25) is 0 Å². The normalized spacial score (nSPS) is 20.0. The lowest BCUT2D eigenvalue weighted by molar-refractivity contribution is 0.0499. The average molecular weight is 334 g/mol. The van der Waals surface area contributed by atoms with Gasteiger partial charge in [0.15, 0.2) is 11.5 Å². The lowest BCUT2D eigenvalue weighted by atomic mass is 9.94. The van der Waals surface area contributed by atoms with Crippen molar-refractivity contribution in [2.24, 2.45) is 5.92 Å². The van der Waals surface area contributed by atoms with E-state index >= 15 is 0 Å². The first-order chi connectivity index (χ1) is 10.1. The van der Waals surface area contributed by atoms with Gasteiger partial charge in [0.05, 0.1) is 0 Å². The Labute approximate surface area is 130 Å². The van der Waals surface area contributed by atoms with Gasteiger partial charge in [-0.15, -0.1) is 0 Å². The van der Waals surface area contributed by atoms with Crippen LogP contribution in [0.3, 0.4) is 0 Å². The Bertz CT molecular complexity index is 607. The maximum atomic E-state index is 15.0. The van der Waals surface area contributed by atoms with Crippen molar-refractivity contribution in [3.63, 3.8) is 0 Å². The molecule has 0 saturated carbocycles. The zero-order valence-corrected chi connectivity index (χ0v) is 14.2. The fourth-order valence-electron chi connectivity index (χ4n) is 2.40. The second-order valence-electron chi connectivity index (χ2n) is 6.27. The summed E-state index contributed by atoms with van der Waals surface area (Å²) in [6.07, 6.45) is 0.660. The number of hydrogen-bond acceptors (Lipinski definition) is 5. The van der Waals surface area contributed by atoms with Crippen molar-refractivity contribution in [3.05, 3.63) is 11.7 Å². The minimum Gasteiger partial charge on any atom is -0.336 e. The van der Waals surface area contributed by atoms with Crippen LogP contribution in [0.15, 0.2) is 4.52 Å². The fourth-order valence-corrected chi connectivity index (χ4v) is 3.51. The lowest BCUT2D eigenvalue weighted by Crippen LogP contribution is -2.47. The van der Waals surface area contributed by atoms with Gasteiger partial charge in [-0.25, -0.2) is 4.39 Å². The summed E-state index contributed by atoms with van der Waals surface area (Å²) in [6, 6.07) is 0. The van der Waals surface area contributed by atoms with Crippen LogP contribution in [-0.4, -0.2) is 54.4 Å². The Morgan fingerprint density at radius 2 is 1.95 bits per heavy atom.